The van der Waals surface area contributed by atoms with Gasteiger partial charge in [0.2, 0.25) is 0 Å². The van der Waals surface area contributed by atoms with E-state index in [1.807, 2.05) is 48.5 Å². The summed E-state index contributed by atoms with van der Waals surface area (Å²) in [5, 5.41) is 3.74. The summed E-state index contributed by atoms with van der Waals surface area (Å²) in [5.74, 6) is 2.76. The van der Waals surface area contributed by atoms with Gasteiger partial charge in [-0.3, -0.25) is 9.97 Å². The van der Waals surface area contributed by atoms with Crippen molar-refractivity contribution in [3.05, 3.63) is 71.8 Å². The predicted octanol–water partition coefficient (Wildman–Crippen LogP) is 5.97. The molecular weight excluding hydrogens is 555 g/mol. The van der Waals surface area contributed by atoms with Crippen molar-refractivity contribution in [1.82, 2.24) is 39.9 Å². The Bertz CT molecular complexity index is 1750. The maximum atomic E-state index is 5.08. The van der Waals surface area contributed by atoms with Gasteiger partial charge in [-0.1, -0.05) is 104 Å². The van der Waals surface area contributed by atoms with Crippen LogP contribution in [0.3, 0.4) is 0 Å². The average Bonchev–Trinajstić information content (AvgIpc) is 3.52. The number of nitrogens with zero attached hydrogens (tertiary/aromatic N) is 8. The molecule has 8 bridgehead atoms. The normalized spacial score (nSPS) is 18.3. The standard InChI is InChI=1S/C32H32N8.Ni/c1-29(2)25-35-21-17-13-9-10-14-18(17)23(33-21)37-27-31(5,6)32(7,8)28(40-27)38-24-20-16-12-11-15-19(20)22(34-24)36-26(39-25)30(29,3)4;/h9-16H,1-8H3;/q-2;+2. The van der Waals surface area contributed by atoms with Crippen LogP contribution in [0.2, 0.25) is 0 Å². The number of rotatable bonds is 0. The van der Waals surface area contributed by atoms with Crippen molar-refractivity contribution in [2.24, 2.45) is 0 Å². The van der Waals surface area contributed by atoms with Crippen LogP contribution in [0.4, 0.5) is 0 Å². The molecule has 0 unspecified atom stereocenters. The molecule has 2 aromatic carbocycles. The Morgan fingerprint density at radius 2 is 0.610 bits per heavy atom. The average molecular weight is 587 g/mol. The molecule has 0 saturated carbocycles. The molecule has 2 aliphatic rings. The maximum absolute atomic E-state index is 5.08. The first kappa shape index (κ1) is 27.5. The zero-order valence-electron chi connectivity index (χ0n) is 24.5. The van der Waals surface area contributed by atoms with Gasteiger partial charge in [-0.25, -0.2) is 0 Å². The fourth-order valence-corrected chi connectivity index (χ4v) is 5.47. The van der Waals surface area contributed by atoms with Crippen molar-refractivity contribution < 1.29 is 16.5 Å². The summed E-state index contributed by atoms with van der Waals surface area (Å²) < 4.78 is 0. The predicted molar refractivity (Wildman–Crippen MR) is 157 cm³/mol. The minimum Gasteiger partial charge on any atom is -0.357 e. The maximum Gasteiger partial charge on any atom is 2.00 e. The van der Waals surface area contributed by atoms with Crippen LogP contribution < -0.4 is 9.97 Å². The van der Waals surface area contributed by atoms with Gasteiger partial charge >= 0.3 is 16.5 Å². The number of hydrogen-bond donors (Lipinski definition) is 0. The van der Waals surface area contributed by atoms with Gasteiger partial charge in [0.25, 0.3) is 0 Å². The summed E-state index contributed by atoms with van der Waals surface area (Å²) in [6.07, 6.45) is 0. The first-order chi connectivity index (χ1) is 18.8. The van der Waals surface area contributed by atoms with Gasteiger partial charge in [0.05, 0.1) is 23.3 Å². The number of benzene rings is 2. The molecule has 5 heterocycles. The number of hydrogen-bond acceptors (Lipinski definition) is 6. The molecule has 0 saturated heterocycles. The van der Waals surface area contributed by atoms with E-state index in [1.165, 1.54) is 0 Å². The van der Waals surface area contributed by atoms with Gasteiger partial charge in [-0.15, -0.1) is 0 Å². The summed E-state index contributed by atoms with van der Waals surface area (Å²) in [6.45, 7) is 17.3. The van der Waals surface area contributed by atoms with E-state index in [4.69, 9.17) is 39.9 Å². The van der Waals surface area contributed by atoms with Crippen LogP contribution in [0.1, 0.15) is 78.7 Å². The van der Waals surface area contributed by atoms with E-state index in [2.05, 4.69) is 55.4 Å². The molecule has 0 amide bonds. The van der Waals surface area contributed by atoms with Crippen LogP contribution in [0.25, 0.3) is 44.1 Å². The first-order valence-electron chi connectivity index (χ1n) is 13.7. The Kier molecular flexibility index (Phi) is 5.79. The second kappa shape index (κ2) is 8.65. The minimum absolute atomic E-state index is 0. The van der Waals surface area contributed by atoms with Crippen LogP contribution >= 0.6 is 0 Å². The second-order valence-electron chi connectivity index (χ2n) is 13.1. The first-order valence-corrected chi connectivity index (χ1v) is 13.7. The Morgan fingerprint density at radius 3 is 0.829 bits per heavy atom. The zero-order chi connectivity index (χ0) is 28.2. The smallest absolute Gasteiger partial charge is 0.357 e. The molecule has 210 valence electrons. The number of fused-ring (bicyclic) bond motifs is 14. The van der Waals surface area contributed by atoms with Gasteiger partial charge in [-0.2, -0.15) is 0 Å². The van der Waals surface area contributed by atoms with Crippen molar-refractivity contribution in [3.63, 3.8) is 0 Å². The largest absolute Gasteiger partial charge is 2.00 e. The summed E-state index contributed by atoms with van der Waals surface area (Å²) in [7, 11) is 0. The third-order valence-corrected chi connectivity index (χ3v) is 9.87. The monoisotopic (exact) mass is 586 g/mol. The quantitative estimate of drug-likeness (QED) is 0.204. The second-order valence-corrected chi connectivity index (χ2v) is 13.1. The fraction of sp³-hybridized carbons (Fsp3) is 0.375. The van der Waals surface area contributed by atoms with Gasteiger partial charge < -0.3 is 29.9 Å². The molecule has 41 heavy (non-hydrogen) atoms. The van der Waals surface area contributed by atoms with Crippen molar-refractivity contribution in [3.8, 4) is 0 Å². The van der Waals surface area contributed by atoms with Gasteiger partial charge in [0.1, 0.15) is 0 Å². The molecule has 0 N–H and O–H groups in total. The zero-order valence-corrected chi connectivity index (χ0v) is 25.5. The van der Waals surface area contributed by atoms with E-state index in [-0.39, 0.29) is 16.5 Å². The summed E-state index contributed by atoms with van der Waals surface area (Å²) in [5.41, 5.74) is 0.802. The van der Waals surface area contributed by atoms with Crippen LogP contribution in [0.5, 0.6) is 0 Å². The SMILES string of the molecule is CC1(C)c2nc(nc3[n-]c(nc4nc(nc5[n-]c(n2)c2ccccc52)C(C)(C)C4(C)C)c2ccccc32)C1(C)C.[Ni+2]. The van der Waals surface area contributed by atoms with E-state index in [0.717, 1.165) is 21.5 Å². The van der Waals surface area contributed by atoms with Crippen molar-refractivity contribution in [1.29, 1.82) is 0 Å². The third kappa shape index (κ3) is 3.64. The molecule has 0 radical (unpaired) electrons. The van der Waals surface area contributed by atoms with E-state index in [1.54, 1.807) is 0 Å². The molecule has 0 aliphatic carbocycles. The summed E-state index contributed by atoms with van der Waals surface area (Å²) >= 11 is 0. The molecule has 5 aromatic rings. The third-order valence-electron chi connectivity index (χ3n) is 9.87. The van der Waals surface area contributed by atoms with E-state index < -0.39 is 21.7 Å². The molecule has 3 aromatic heterocycles. The molecule has 0 atom stereocenters. The molecule has 0 spiro atoms. The molecule has 8 nitrogen and oxygen atoms in total. The Morgan fingerprint density at radius 1 is 0.390 bits per heavy atom. The summed E-state index contributed by atoms with van der Waals surface area (Å²) in [6, 6.07) is 16.2. The molecule has 7 rings (SSSR count). The molecule has 0 fully saturated rings. The van der Waals surface area contributed by atoms with E-state index >= 15 is 0 Å². The topological polar surface area (TPSA) is 106 Å². The summed E-state index contributed by atoms with van der Waals surface area (Å²) in [4.78, 5) is 40.2. The van der Waals surface area contributed by atoms with Crippen molar-refractivity contribution in [2.45, 2.75) is 77.0 Å². The van der Waals surface area contributed by atoms with Crippen molar-refractivity contribution in [2.75, 3.05) is 0 Å². The van der Waals surface area contributed by atoms with Crippen molar-refractivity contribution >= 4 is 44.1 Å². The van der Waals surface area contributed by atoms with Crippen LogP contribution in [0.15, 0.2) is 48.5 Å². The van der Waals surface area contributed by atoms with Crippen LogP contribution in [0, 0.1) is 0 Å². The Balaban J connectivity index is 0.00000302. The Labute approximate surface area is 248 Å². The Hall–Kier alpha value is -3.71. The van der Waals surface area contributed by atoms with Crippen LogP contribution in [-0.2, 0) is 38.2 Å². The molecular formula is C32H32N8Ni. The molecule has 9 heteroatoms. The molecule has 2 aliphatic heterocycles. The van der Waals surface area contributed by atoms with E-state index in [9.17, 15) is 0 Å². The minimum atomic E-state index is -0.405. The fourth-order valence-electron chi connectivity index (χ4n) is 5.47. The van der Waals surface area contributed by atoms with Gasteiger partial charge in [0, 0.05) is 44.2 Å². The van der Waals surface area contributed by atoms with E-state index in [0.29, 0.717) is 45.9 Å². The van der Waals surface area contributed by atoms with Gasteiger partial charge in [0.15, 0.2) is 0 Å². The van der Waals surface area contributed by atoms with Gasteiger partial charge in [-0.05, 0) is 21.5 Å². The number of aromatic nitrogens is 8. The van der Waals surface area contributed by atoms with Crippen LogP contribution in [-0.4, -0.2) is 29.9 Å².